The third-order valence-electron chi connectivity index (χ3n) is 3.40. The highest BCUT2D eigenvalue weighted by atomic mass is 19.2. The Morgan fingerprint density at radius 1 is 1.00 bits per heavy atom. The van der Waals surface area contributed by atoms with Gasteiger partial charge in [-0.15, -0.1) is 0 Å². The van der Waals surface area contributed by atoms with Gasteiger partial charge in [-0.2, -0.15) is 5.10 Å². The third-order valence-corrected chi connectivity index (χ3v) is 3.40. The highest BCUT2D eigenvalue weighted by Gasteiger charge is 2.20. The van der Waals surface area contributed by atoms with E-state index in [1.807, 2.05) is 6.92 Å². The van der Waals surface area contributed by atoms with Crippen LogP contribution in [0.2, 0.25) is 0 Å². The first-order valence-electron chi connectivity index (χ1n) is 7.30. The Morgan fingerprint density at radius 3 is 2.28 bits per heavy atom. The van der Waals surface area contributed by atoms with Gasteiger partial charge in [0.25, 0.3) is 0 Å². The molecule has 130 valence electrons. The Hall–Kier alpha value is -2.94. The molecule has 0 aliphatic carbocycles. The maximum absolute atomic E-state index is 13.4. The molecule has 0 fully saturated rings. The van der Waals surface area contributed by atoms with Crippen LogP contribution in [0.1, 0.15) is 28.9 Å². The van der Waals surface area contributed by atoms with Gasteiger partial charge in [0.15, 0.2) is 29.1 Å². The summed E-state index contributed by atoms with van der Waals surface area (Å²) < 4.78 is 39.8. The minimum Gasteiger partial charge on any atom is -0.380 e. The molecular formula is C16H14F3N5O. The van der Waals surface area contributed by atoms with Gasteiger partial charge >= 0.3 is 0 Å². The van der Waals surface area contributed by atoms with Crippen LogP contribution in [0.3, 0.4) is 0 Å². The minimum atomic E-state index is -1.60. The lowest BCUT2D eigenvalue weighted by Gasteiger charge is -2.13. The Morgan fingerprint density at radius 2 is 1.68 bits per heavy atom. The predicted octanol–water partition coefficient (Wildman–Crippen LogP) is 3.06. The van der Waals surface area contributed by atoms with Crippen molar-refractivity contribution in [3.63, 3.8) is 0 Å². The molecule has 1 aromatic carbocycles. The van der Waals surface area contributed by atoms with Crippen LogP contribution in [0.4, 0.5) is 24.8 Å². The van der Waals surface area contributed by atoms with Crippen molar-refractivity contribution in [3.05, 3.63) is 64.5 Å². The van der Waals surface area contributed by atoms with Gasteiger partial charge in [0, 0.05) is 23.5 Å². The van der Waals surface area contributed by atoms with Crippen LogP contribution in [0.25, 0.3) is 0 Å². The Kier molecular flexibility index (Phi) is 4.41. The zero-order valence-electron chi connectivity index (χ0n) is 13.3. The largest absolute Gasteiger partial charge is 0.380 e. The van der Waals surface area contributed by atoms with E-state index in [-0.39, 0.29) is 11.4 Å². The van der Waals surface area contributed by atoms with Crippen LogP contribution in [0.5, 0.6) is 0 Å². The molecule has 6 nitrogen and oxygen atoms in total. The number of aliphatic hydroxyl groups excluding tert-OH is 1. The standard InChI is InChI=1S/C16H14F3N5O/c1-7-3-12(21-13-4-8(2)23-24-13)22-16(20-7)15(25)9-5-10(17)14(19)11(18)6-9/h3-6,15,25H,1-2H3,(H2,20,21,22,23,24). The number of aromatic nitrogens is 4. The molecule has 9 heteroatoms. The number of hydrogen-bond acceptors (Lipinski definition) is 5. The number of H-pyrrole nitrogens is 1. The van der Waals surface area contributed by atoms with E-state index in [4.69, 9.17) is 0 Å². The number of halogens is 3. The number of anilines is 2. The molecular weight excluding hydrogens is 335 g/mol. The van der Waals surface area contributed by atoms with Crippen molar-refractivity contribution in [2.75, 3.05) is 5.32 Å². The maximum atomic E-state index is 13.4. The molecule has 1 unspecified atom stereocenters. The molecule has 3 N–H and O–H groups in total. The Balaban J connectivity index is 1.94. The van der Waals surface area contributed by atoms with E-state index in [2.05, 4.69) is 25.5 Å². The van der Waals surface area contributed by atoms with Gasteiger partial charge in [0.2, 0.25) is 0 Å². The number of aryl methyl sites for hydroxylation is 2. The molecule has 0 aliphatic heterocycles. The highest BCUT2D eigenvalue weighted by Crippen LogP contribution is 2.24. The second-order valence-corrected chi connectivity index (χ2v) is 5.52. The molecule has 0 saturated heterocycles. The van der Waals surface area contributed by atoms with E-state index < -0.39 is 23.6 Å². The molecule has 0 amide bonds. The topological polar surface area (TPSA) is 86.7 Å². The fourth-order valence-electron chi connectivity index (χ4n) is 2.27. The van der Waals surface area contributed by atoms with E-state index >= 15 is 0 Å². The average Bonchev–Trinajstić information content (AvgIpc) is 2.95. The van der Waals surface area contributed by atoms with Crippen molar-refractivity contribution in [2.45, 2.75) is 20.0 Å². The molecule has 3 rings (SSSR count). The molecule has 0 bridgehead atoms. The van der Waals surface area contributed by atoms with Gasteiger partial charge in [-0.25, -0.2) is 23.1 Å². The minimum absolute atomic E-state index is 0.0832. The number of hydrogen-bond donors (Lipinski definition) is 3. The van der Waals surface area contributed by atoms with E-state index in [1.165, 1.54) is 0 Å². The van der Waals surface area contributed by atoms with Crippen molar-refractivity contribution < 1.29 is 18.3 Å². The molecule has 2 heterocycles. The van der Waals surface area contributed by atoms with Crippen molar-refractivity contribution in [1.82, 2.24) is 20.2 Å². The summed E-state index contributed by atoms with van der Waals surface area (Å²) in [7, 11) is 0. The summed E-state index contributed by atoms with van der Waals surface area (Å²) in [5.74, 6) is -3.62. The quantitative estimate of drug-likeness (QED) is 0.630. The zero-order valence-corrected chi connectivity index (χ0v) is 13.3. The second-order valence-electron chi connectivity index (χ2n) is 5.52. The summed E-state index contributed by atoms with van der Waals surface area (Å²) >= 11 is 0. The number of benzene rings is 1. The first kappa shape index (κ1) is 16.9. The van der Waals surface area contributed by atoms with Crippen LogP contribution in [0.15, 0.2) is 24.3 Å². The van der Waals surface area contributed by atoms with E-state index in [9.17, 15) is 18.3 Å². The summed E-state index contributed by atoms with van der Waals surface area (Å²) in [6.45, 7) is 3.50. The summed E-state index contributed by atoms with van der Waals surface area (Å²) in [5, 5.41) is 20.0. The smallest absolute Gasteiger partial charge is 0.194 e. The zero-order chi connectivity index (χ0) is 18.1. The Bertz CT molecular complexity index is 905. The summed E-state index contributed by atoms with van der Waals surface area (Å²) in [6, 6.07) is 4.78. The van der Waals surface area contributed by atoms with Gasteiger partial charge < -0.3 is 10.4 Å². The van der Waals surface area contributed by atoms with Crippen LogP contribution in [-0.4, -0.2) is 25.3 Å². The van der Waals surface area contributed by atoms with Gasteiger partial charge in [0.1, 0.15) is 11.9 Å². The molecule has 0 spiro atoms. The number of rotatable bonds is 4. The maximum Gasteiger partial charge on any atom is 0.194 e. The van der Waals surface area contributed by atoms with Crippen LogP contribution in [0, 0.1) is 31.3 Å². The average molecular weight is 349 g/mol. The van der Waals surface area contributed by atoms with Crippen molar-refractivity contribution in [3.8, 4) is 0 Å². The SMILES string of the molecule is Cc1cc(Nc2cc(C)[nH]n2)nc(C(O)c2cc(F)c(F)c(F)c2)n1. The first-order valence-corrected chi connectivity index (χ1v) is 7.30. The van der Waals surface area contributed by atoms with E-state index in [0.717, 1.165) is 5.69 Å². The predicted molar refractivity (Wildman–Crippen MR) is 83.8 cm³/mol. The highest BCUT2D eigenvalue weighted by molar-refractivity contribution is 5.52. The lowest BCUT2D eigenvalue weighted by Crippen LogP contribution is -2.10. The second kappa shape index (κ2) is 6.52. The number of aromatic amines is 1. The van der Waals surface area contributed by atoms with Crippen LogP contribution in [-0.2, 0) is 0 Å². The fourth-order valence-corrected chi connectivity index (χ4v) is 2.27. The van der Waals surface area contributed by atoms with Crippen LogP contribution >= 0.6 is 0 Å². The monoisotopic (exact) mass is 349 g/mol. The Labute approximate surface area is 140 Å². The number of nitrogens with zero attached hydrogens (tertiary/aromatic N) is 3. The van der Waals surface area contributed by atoms with E-state index in [0.29, 0.717) is 29.5 Å². The third kappa shape index (κ3) is 3.61. The normalized spacial score (nSPS) is 12.2. The number of nitrogens with one attached hydrogen (secondary N) is 2. The molecule has 0 radical (unpaired) electrons. The molecule has 0 aliphatic rings. The summed E-state index contributed by atoms with van der Waals surface area (Å²) in [6.07, 6.45) is -1.52. The van der Waals surface area contributed by atoms with Gasteiger partial charge in [-0.05, 0) is 31.5 Å². The molecule has 25 heavy (non-hydrogen) atoms. The van der Waals surface area contributed by atoms with Crippen molar-refractivity contribution in [1.29, 1.82) is 0 Å². The van der Waals surface area contributed by atoms with Crippen molar-refractivity contribution in [2.24, 2.45) is 0 Å². The number of aliphatic hydroxyl groups is 1. The lowest BCUT2D eigenvalue weighted by atomic mass is 10.1. The fraction of sp³-hybridized carbons (Fsp3) is 0.188. The lowest BCUT2D eigenvalue weighted by molar-refractivity contribution is 0.208. The molecule has 3 aromatic rings. The molecule has 0 saturated carbocycles. The molecule has 1 atom stereocenters. The first-order chi connectivity index (χ1) is 11.8. The van der Waals surface area contributed by atoms with Gasteiger partial charge in [-0.1, -0.05) is 0 Å². The van der Waals surface area contributed by atoms with Crippen LogP contribution < -0.4 is 5.32 Å². The summed E-state index contributed by atoms with van der Waals surface area (Å²) in [4.78, 5) is 8.20. The van der Waals surface area contributed by atoms with Gasteiger partial charge in [-0.3, -0.25) is 5.10 Å². The summed E-state index contributed by atoms with van der Waals surface area (Å²) in [5.41, 5.74) is 1.16. The molecule has 2 aromatic heterocycles. The van der Waals surface area contributed by atoms with Gasteiger partial charge in [0.05, 0.1) is 0 Å². The van der Waals surface area contributed by atoms with E-state index in [1.54, 1.807) is 19.1 Å². The van der Waals surface area contributed by atoms with Crippen molar-refractivity contribution >= 4 is 11.6 Å².